The Kier molecular flexibility index (Phi) is 7.54. The summed E-state index contributed by atoms with van der Waals surface area (Å²) < 4.78 is 13.0. The molecular formula is C31H45FN2O3. The minimum absolute atomic E-state index is 0.0882. The lowest BCUT2D eigenvalue weighted by atomic mass is 9.43. The molecule has 4 aliphatic carbocycles. The van der Waals surface area contributed by atoms with Crippen LogP contribution in [0.3, 0.4) is 0 Å². The fraction of sp³-hybridized carbons (Fsp3) is 0.742. The van der Waals surface area contributed by atoms with E-state index in [0.29, 0.717) is 41.9 Å². The highest BCUT2D eigenvalue weighted by molar-refractivity contribution is 5.82. The lowest BCUT2D eigenvalue weighted by Crippen LogP contribution is -2.58. The molecule has 1 amide bonds. The van der Waals surface area contributed by atoms with Gasteiger partial charge < -0.3 is 10.2 Å². The van der Waals surface area contributed by atoms with E-state index in [2.05, 4.69) is 31.3 Å². The zero-order valence-electron chi connectivity index (χ0n) is 22.7. The van der Waals surface area contributed by atoms with Crippen molar-refractivity contribution >= 4 is 12.1 Å². The number of halogens is 1. The summed E-state index contributed by atoms with van der Waals surface area (Å²) in [6.45, 7) is 7.24. The predicted molar refractivity (Wildman–Crippen MR) is 143 cm³/mol. The number of benzene rings is 1. The van der Waals surface area contributed by atoms with Gasteiger partial charge in [0, 0.05) is 6.42 Å². The van der Waals surface area contributed by atoms with Gasteiger partial charge in [0.05, 0.1) is 18.4 Å². The second-order valence-corrected chi connectivity index (χ2v) is 13.3. The van der Waals surface area contributed by atoms with E-state index >= 15 is 0 Å². The molecule has 4 aliphatic rings. The Morgan fingerprint density at radius 1 is 1.08 bits per heavy atom. The number of hydrogen-bond donors (Lipinski definition) is 3. The molecule has 0 heterocycles. The Bertz CT molecular complexity index is 999. The summed E-state index contributed by atoms with van der Waals surface area (Å²) in [7, 11) is 0. The number of carbonyl (C=O) groups is 1. The summed E-state index contributed by atoms with van der Waals surface area (Å²) in [6, 6.07) is 6.00. The summed E-state index contributed by atoms with van der Waals surface area (Å²) in [5.41, 5.74) is 3.83. The average Bonchev–Trinajstić information content (AvgIpc) is 3.22. The molecule has 0 radical (unpaired) electrons. The third-order valence-electron chi connectivity index (χ3n) is 11.5. The topological polar surface area (TPSA) is 81.9 Å². The predicted octanol–water partition coefficient (Wildman–Crippen LogP) is 5.68. The van der Waals surface area contributed by atoms with Gasteiger partial charge in [-0.1, -0.05) is 32.9 Å². The van der Waals surface area contributed by atoms with Crippen molar-refractivity contribution in [3.8, 4) is 0 Å². The zero-order valence-corrected chi connectivity index (χ0v) is 22.7. The molecule has 5 rings (SSSR count). The quantitative estimate of drug-likeness (QED) is 0.339. The Morgan fingerprint density at radius 2 is 1.78 bits per heavy atom. The van der Waals surface area contributed by atoms with Gasteiger partial charge in [0.2, 0.25) is 5.91 Å². The van der Waals surface area contributed by atoms with Crippen molar-refractivity contribution in [2.24, 2.45) is 51.4 Å². The van der Waals surface area contributed by atoms with Gasteiger partial charge in [-0.05, 0) is 122 Å². The first-order chi connectivity index (χ1) is 17.6. The maximum atomic E-state index is 13.0. The number of nitrogens with zero attached hydrogens (tertiary/aromatic N) is 1. The highest BCUT2D eigenvalue weighted by Gasteiger charge is 2.62. The Balaban J connectivity index is 1.19. The van der Waals surface area contributed by atoms with Crippen molar-refractivity contribution in [1.29, 1.82) is 0 Å². The van der Waals surface area contributed by atoms with E-state index in [-0.39, 0.29) is 34.8 Å². The lowest BCUT2D eigenvalue weighted by molar-refractivity contribution is -0.174. The van der Waals surface area contributed by atoms with Crippen molar-refractivity contribution in [2.75, 3.05) is 0 Å². The molecule has 0 aromatic heterocycles. The van der Waals surface area contributed by atoms with Crippen LogP contribution in [0, 0.1) is 52.2 Å². The van der Waals surface area contributed by atoms with Crippen molar-refractivity contribution < 1.29 is 19.4 Å². The maximum Gasteiger partial charge on any atom is 0.240 e. The molecule has 37 heavy (non-hydrogen) atoms. The average molecular weight is 513 g/mol. The van der Waals surface area contributed by atoms with Crippen molar-refractivity contribution in [1.82, 2.24) is 5.43 Å². The van der Waals surface area contributed by atoms with Crippen molar-refractivity contribution in [2.45, 2.75) is 97.2 Å². The van der Waals surface area contributed by atoms with E-state index in [1.54, 1.807) is 12.1 Å². The number of rotatable bonds is 6. The smallest absolute Gasteiger partial charge is 0.240 e. The molecule has 204 valence electrons. The maximum absolute atomic E-state index is 13.0. The number of carbonyl (C=O) groups excluding carboxylic acids is 1. The minimum Gasteiger partial charge on any atom is -0.393 e. The highest BCUT2D eigenvalue weighted by Crippen LogP contribution is 2.68. The van der Waals surface area contributed by atoms with Crippen LogP contribution in [0.5, 0.6) is 0 Å². The first kappa shape index (κ1) is 26.8. The van der Waals surface area contributed by atoms with Crippen LogP contribution in [0.2, 0.25) is 0 Å². The van der Waals surface area contributed by atoms with Crippen molar-refractivity contribution in [3.05, 3.63) is 35.6 Å². The number of aliphatic hydroxyl groups excluding tert-OH is 2. The summed E-state index contributed by atoms with van der Waals surface area (Å²) >= 11 is 0. The standard InChI is InChI=1S/C31H45FN2O3/c1-19(4-11-28(37)34-33-18-20-5-7-22(32)8-6-20)24-9-10-25-29-26(13-15-31(24,25)3)30(2)14-12-23(35)16-21(30)17-27(29)36/h5-8,18-19,21,23-27,29,35-36H,4,9-17H2,1-3H3,(H,34,37)/b33-18-/t19-,21+,23-,24-,25+,26+,27+,29+,30-,31+/m0/s1. The van der Waals surface area contributed by atoms with Crippen LogP contribution in [0.4, 0.5) is 4.39 Å². The number of fused-ring (bicyclic) bond motifs is 5. The number of aliphatic hydroxyl groups is 2. The van der Waals surface area contributed by atoms with E-state index in [1.807, 2.05) is 0 Å². The molecule has 0 saturated heterocycles. The molecule has 4 saturated carbocycles. The Hall–Kier alpha value is -1.79. The molecule has 1 aromatic carbocycles. The van der Waals surface area contributed by atoms with Gasteiger partial charge in [-0.15, -0.1) is 0 Å². The summed E-state index contributed by atoms with van der Waals surface area (Å²) in [6.07, 6.45) is 10.8. The second-order valence-electron chi connectivity index (χ2n) is 13.3. The molecule has 4 fully saturated rings. The first-order valence-corrected chi connectivity index (χ1v) is 14.6. The van der Waals surface area contributed by atoms with Crippen molar-refractivity contribution in [3.63, 3.8) is 0 Å². The third kappa shape index (κ3) is 5.01. The molecular weight excluding hydrogens is 467 g/mol. The van der Waals surface area contributed by atoms with E-state index in [0.717, 1.165) is 37.7 Å². The van der Waals surface area contributed by atoms with E-state index in [4.69, 9.17) is 0 Å². The van der Waals surface area contributed by atoms with Crippen LogP contribution in [0.25, 0.3) is 0 Å². The number of hydrazone groups is 1. The minimum atomic E-state index is -0.295. The molecule has 3 N–H and O–H groups in total. The monoisotopic (exact) mass is 512 g/mol. The van der Waals surface area contributed by atoms with Gasteiger partial charge in [0.15, 0.2) is 0 Å². The van der Waals surface area contributed by atoms with Gasteiger partial charge >= 0.3 is 0 Å². The van der Waals surface area contributed by atoms with E-state index in [1.165, 1.54) is 44.0 Å². The van der Waals surface area contributed by atoms with Crippen LogP contribution < -0.4 is 5.43 Å². The highest BCUT2D eigenvalue weighted by atomic mass is 19.1. The van der Waals surface area contributed by atoms with Gasteiger partial charge in [-0.3, -0.25) is 4.79 Å². The molecule has 0 unspecified atom stereocenters. The van der Waals surface area contributed by atoms with E-state index < -0.39 is 0 Å². The van der Waals surface area contributed by atoms with Crippen LogP contribution in [-0.4, -0.2) is 34.5 Å². The van der Waals surface area contributed by atoms with E-state index in [9.17, 15) is 19.4 Å². The summed E-state index contributed by atoms with van der Waals surface area (Å²) in [5.74, 6) is 2.55. The Morgan fingerprint density at radius 3 is 2.54 bits per heavy atom. The van der Waals surface area contributed by atoms with Gasteiger partial charge in [0.1, 0.15) is 5.82 Å². The molecule has 0 bridgehead atoms. The van der Waals surface area contributed by atoms with Crippen LogP contribution in [0.1, 0.15) is 90.5 Å². The second kappa shape index (κ2) is 10.4. The zero-order chi connectivity index (χ0) is 26.4. The van der Waals surface area contributed by atoms with Crippen LogP contribution >= 0.6 is 0 Å². The lowest BCUT2D eigenvalue weighted by Gasteiger charge is -2.62. The number of amides is 1. The molecule has 5 nitrogen and oxygen atoms in total. The van der Waals surface area contributed by atoms with Crippen LogP contribution in [0.15, 0.2) is 29.4 Å². The summed E-state index contributed by atoms with van der Waals surface area (Å²) in [5, 5.41) is 25.8. The fourth-order valence-corrected chi connectivity index (χ4v) is 9.52. The first-order valence-electron chi connectivity index (χ1n) is 14.6. The fourth-order valence-electron chi connectivity index (χ4n) is 9.52. The van der Waals surface area contributed by atoms with Gasteiger partial charge in [0.25, 0.3) is 0 Å². The van der Waals surface area contributed by atoms with Gasteiger partial charge in [-0.2, -0.15) is 5.10 Å². The normalized spacial score (nSPS) is 42.1. The molecule has 0 spiro atoms. The number of hydrogen-bond acceptors (Lipinski definition) is 4. The molecule has 6 heteroatoms. The Labute approximate surface area is 221 Å². The molecule has 1 aromatic rings. The van der Waals surface area contributed by atoms with Crippen LogP contribution in [-0.2, 0) is 4.79 Å². The third-order valence-corrected chi connectivity index (χ3v) is 11.5. The number of nitrogens with one attached hydrogen (secondary N) is 1. The summed E-state index contributed by atoms with van der Waals surface area (Å²) in [4.78, 5) is 12.5. The molecule has 0 aliphatic heterocycles. The largest absolute Gasteiger partial charge is 0.393 e. The van der Waals surface area contributed by atoms with Gasteiger partial charge in [-0.25, -0.2) is 9.82 Å². The molecule has 10 atom stereocenters. The SMILES string of the molecule is C[C@@H](CCC(=O)N/N=C\c1ccc(F)cc1)[C@@H]1CC[C@@H]2[C@H]3[C@H](O)C[C@H]4C[C@@H](O)CC[C@]4(C)[C@@H]3CC[C@@]21C.